The molecule has 0 N–H and O–H groups in total. The van der Waals surface area contributed by atoms with Crippen molar-refractivity contribution in [2.75, 3.05) is 53.2 Å². The number of rotatable bonds is 6. The van der Waals surface area contributed by atoms with E-state index >= 15 is 0 Å². The summed E-state index contributed by atoms with van der Waals surface area (Å²) in [6, 6.07) is 10.7. The Balaban J connectivity index is 1.39. The number of ether oxygens (including phenoxy) is 4. The summed E-state index contributed by atoms with van der Waals surface area (Å²) in [6.07, 6.45) is 0. The average molecular weight is 453 g/mol. The van der Waals surface area contributed by atoms with Crippen molar-refractivity contribution in [1.29, 1.82) is 0 Å². The predicted molar refractivity (Wildman–Crippen MR) is 123 cm³/mol. The molecule has 0 atom stereocenters. The summed E-state index contributed by atoms with van der Waals surface area (Å²) in [5.74, 6) is 2.64. The van der Waals surface area contributed by atoms with Gasteiger partial charge in [-0.15, -0.1) is 0 Å². The molecule has 0 unspecified atom stereocenters. The van der Waals surface area contributed by atoms with Crippen LogP contribution in [0.2, 0.25) is 0 Å². The molecule has 33 heavy (non-hydrogen) atoms. The van der Waals surface area contributed by atoms with Gasteiger partial charge in [-0.25, -0.2) is 0 Å². The van der Waals surface area contributed by atoms with Gasteiger partial charge >= 0.3 is 0 Å². The van der Waals surface area contributed by atoms with Crippen molar-refractivity contribution in [3.63, 3.8) is 0 Å². The molecule has 3 aromatic rings. The van der Waals surface area contributed by atoms with Gasteiger partial charge in [-0.2, -0.15) is 0 Å². The van der Waals surface area contributed by atoms with Crippen molar-refractivity contribution in [3.05, 3.63) is 57.9 Å². The monoisotopic (exact) mass is 452 g/mol. The van der Waals surface area contributed by atoms with Crippen LogP contribution in [-0.4, -0.2) is 63.0 Å². The molecule has 174 valence electrons. The molecule has 2 aromatic carbocycles. The second-order valence-corrected chi connectivity index (χ2v) is 8.29. The Morgan fingerprint density at radius 3 is 2.45 bits per heavy atom. The summed E-state index contributed by atoms with van der Waals surface area (Å²) < 4.78 is 28.6. The highest BCUT2D eigenvalue weighted by atomic mass is 16.5. The average Bonchev–Trinajstić information content (AvgIpc) is 2.86. The lowest BCUT2D eigenvalue weighted by atomic mass is 10.1. The predicted octanol–water partition coefficient (Wildman–Crippen LogP) is 3.39. The first-order chi connectivity index (χ1) is 16.1. The molecule has 0 aliphatic carbocycles. The van der Waals surface area contributed by atoms with Gasteiger partial charge in [0, 0.05) is 32.7 Å². The number of methoxy groups -OCH3 is 1. The molecule has 2 aliphatic heterocycles. The fourth-order valence-corrected chi connectivity index (χ4v) is 4.23. The van der Waals surface area contributed by atoms with Crippen LogP contribution in [0, 0.1) is 6.92 Å². The summed E-state index contributed by atoms with van der Waals surface area (Å²) in [4.78, 5) is 17.9. The molecule has 1 fully saturated rings. The van der Waals surface area contributed by atoms with Crippen LogP contribution in [-0.2, 0) is 11.3 Å². The van der Waals surface area contributed by atoms with Crippen molar-refractivity contribution in [2.45, 2.75) is 13.5 Å². The second-order valence-electron chi connectivity index (χ2n) is 8.29. The molecule has 2 aliphatic rings. The van der Waals surface area contributed by atoms with Gasteiger partial charge in [-0.3, -0.25) is 14.6 Å². The van der Waals surface area contributed by atoms with E-state index in [2.05, 4.69) is 9.80 Å². The molecule has 0 spiro atoms. The van der Waals surface area contributed by atoms with Crippen LogP contribution < -0.4 is 19.6 Å². The summed E-state index contributed by atoms with van der Waals surface area (Å²) in [5.41, 5.74) is 1.27. The Bertz CT molecular complexity index is 1180. The van der Waals surface area contributed by atoms with Gasteiger partial charge in [0.05, 0.1) is 31.3 Å². The van der Waals surface area contributed by atoms with E-state index in [9.17, 15) is 4.79 Å². The summed E-state index contributed by atoms with van der Waals surface area (Å²) in [6.45, 7) is 8.25. The summed E-state index contributed by atoms with van der Waals surface area (Å²) in [5, 5.41) is 0.487. The van der Waals surface area contributed by atoms with E-state index < -0.39 is 0 Å². The highest BCUT2D eigenvalue weighted by Gasteiger charge is 2.24. The Labute approximate surface area is 192 Å². The van der Waals surface area contributed by atoms with Crippen LogP contribution in [0.15, 0.2) is 45.6 Å². The number of benzene rings is 2. The Hall–Kier alpha value is -3.07. The Morgan fingerprint density at radius 1 is 0.970 bits per heavy atom. The molecule has 3 heterocycles. The van der Waals surface area contributed by atoms with Crippen LogP contribution in [0.25, 0.3) is 11.0 Å². The molecule has 5 rings (SSSR count). The van der Waals surface area contributed by atoms with E-state index in [1.165, 1.54) is 0 Å². The van der Waals surface area contributed by atoms with E-state index in [0.717, 1.165) is 56.5 Å². The molecule has 0 bridgehead atoms. The zero-order valence-electron chi connectivity index (χ0n) is 19.0. The van der Waals surface area contributed by atoms with Crippen LogP contribution in [0.3, 0.4) is 0 Å². The largest absolute Gasteiger partial charge is 0.497 e. The molecule has 0 amide bonds. The first-order valence-electron chi connectivity index (χ1n) is 11.2. The molecule has 1 aromatic heterocycles. The number of fused-ring (bicyclic) bond motifs is 3. The molecule has 0 saturated carbocycles. The first kappa shape index (κ1) is 21.8. The lowest BCUT2D eigenvalue weighted by Crippen LogP contribution is -2.43. The van der Waals surface area contributed by atoms with E-state index in [1.807, 2.05) is 6.07 Å². The second kappa shape index (κ2) is 9.43. The van der Waals surface area contributed by atoms with Gasteiger partial charge in [-0.1, -0.05) is 0 Å². The Morgan fingerprint density at radius 2 is 1.70 bits per heavy atom. The first-order valence-corrected chi connectivity index (χ1v) is 11.2. The van der Waals surface area contributed by atoms with Gasteiger partial charge in [0.1, 0.15) is 35.3 Å². The van der Waals surface area contributed by atoms with Gasteiger partial charge in [-0.05, 0) is 43.3 Å². The Kier molecular flexibility index (Phi) is 6.22. The fraction of sp³-hybridized carbons (Fsp3) is 0.400. The minimum Gasteiger partial charge on any atom is -0.497 e. The molecule has 8 heteroatoms. The van der Waals surface area contributed by atoms with Crippen molar-refractivity contribution in [3.8, 4) is 23.0 Å². The SMILES string of the molecule is COc1ccc(Oc2c(C)oc3c4c(ccc3c2=O)OCN(CCN2CCOCC2)C4)cc1. The zero-order chi connectivity index (χ0) is 22.8. The van der Waals surface area contributed by atoms with E-state index in [4.69, 9.17) is 23.4 Å². The molecule has 8 nitrogen and oxygen atoms in total. The highest BCUT2D eigenvalue weighted by Crippen LogP contribution is 2.34. The molecule has 1 saturated heterocycles. The summed E-state index contributed by atoms with van der Waals surface area (Å²) in [7, 11) is 1.60. The van der Waals surface area contributed by atoms with E-state index in [0.29, 0.717) is 35.8 Å². The third-order valence-electron chi connectivity index (χ3n) is 6.14. The third kappa shape index (κ3) is 4.55. The van der Waals surface area contributed by atoms with E-state index in [1.54, 1.807) is 44.4 Å². The van der Waals surface area contributed by atoms with Crippen LogP contribution in [0.1, 0.15) is 11.3 Å². The van der Waals surface area contributed by atoms with Crippen molar-refractivity contribution < 1.29 is 23.4 Å². The molecular weight excluding hydrogens is 424 g/mol. The minimum absolute atomic E-state index is 0.188. The lowest BCUT2D eigenvalue weighted by molar-refractivity contribution is 0.0241. The summed E-state index contributed by atoms with van der Waals surface area (Å²) >= 11 is 0. The molecule has 0 radical (unpaired) electrons. The standard InChI is InChI=1S/C25H28N2O6/c1-17-24(33-19-5-3-18(29-2)4-6-19)23(28)20-7-8-22-21(25(20)32-17)15-27(16-31-22)10-9-26-11-13-30-14-12-26/h3-8H,9-16H2,1-2H3. The van der Waals surface area contributed by atoms with Gasteiger partial charge in [0.2, 0.25) is 11.2 Å². The minimum atomic E-state index is -0.196. The number of morpholine rings is 1. The van der Waals surface area contributed by atoms with Crippen LogP contribution in [0.5, 0.6) is 23.0 Å². The number of aryl methyl sites for hydroxylation is 1. The van der Waals surface area contributed by atoms with Gasteiger partial charge in [0.15, 0.2) is 0 Å². The number of hydrogen-bond acceptors (Lipinski definition) is 8. The lowest BCUT2D eigenvalue weighted by Gasteiger charge is -2.32. The third-order valence-corrected chi connectivity index (χ3v) is 6.14. The van der Waals surface area contributed by atoms with Crippen molar-refractivity contribution in [1.82, 2.24) is 9.80 Å². The molecular formula is C25H28N2O6. The normalized spacial score (nSPS) is 16.9. The number of hydrogen-bond donors (Lipinski definition) is 0. The maximum absolute atomic E-state index is 13.3. The zero-order valence-corrected chi connectivity index (χ0v) is 19.0. The number of nitrogens with zero attached hydrogens (tertiary/aromatic N) is 2. The van der Waals surface area contributed by atoms with Crippen LogP contribution >= 0.6 is 0 Å². The van der Waals surface area contributed by atoms with Gasteiger partial charge < -0.3 is 23.4 Å². The van der Waals surface area contributed by atoms with Crippen LogP contribution in [0.4, 0.5) is 0 Å². The smallest absolute Gasteiger partial charge is 0.235 e. The van der Waals surface area contributed by atoms with Crippen molar-refractivity contribution in [2.24, 2.45) is 0 Å². The maximum atomic E-state index is 13.3. The van der Waals surface area contributed by atoms with Crippen molar-refractivity contribution >= 4 is 11.0 Å². The van der Waals surface area contributed by atoms with E-state index in [-0.39, 0.29) is 11.2 Å². The maximum Gasteiger partial charge on any atom is 0.235 e. The highest BCUT2D eigenvalue weighted by molar-refractivity contribution is 5.83. The topological polar surface area (TPSA) is 73.6 Å². The van der Waals surface area contributed by atoms with Gasteiger partial charge in [0.25, 0.3) is 0 Å². The quantitative estimate of drug-likeness (QED) is 0.564. The fourth-order valence-electron chi connectivity index (χ4n) is 4.23.